The van der Waals surface area contributed by atoms with E-state index in [0.717, 1.165) is 69.0 Å². The number of carbonyl (C=O) groups is 1. The number of hydrogen-bond donors (Lipinski definition) is 1. The predicted octanol–water partition coefficient (Wildman–Crippen LogP) is 1.98. The van der Waals surface area contributed by atoms with E-state index in [4.69, 9.17) is 4.74 Å². The Labute approximate surface area is 175 Å². The Morgan fingerprint density at radius 1 is 0.966 bits per heavy atom. The van der Waals surface area contributed by atoms with Crippen LogP contribution in [0.2, 0.25) is 0 Å². The number of aryl methyl sites for hydroxylation is 2. The lowest BCUT2D eigenvalue weighted by molar-refractivity contribution is -0.133. The number of β-amino-alcohol motifs (C(OH)–C–C–N with tert-alkyl or cyclic N) is 1. The van der Waals surface area contributed by atoms with Crippen molar-refractivity contribution in [1.29, 1.82) is 0 Å². The molecule has 162 valence electrons. The normalized spacial score (nSPS) is 19.9. The molecule has 0 radical (unpaired) electrons. The molecule has 2 heterocycles. The first-order valence-electron chi connectivity index (χ1n) is 11.0. The summed E-state index contributed by atoms with van der Waals surface area (Å²) in [7, 11) is 0. The molecule has 6 heteroatoms. The number of rotatable bonds is 7. The number of aliphatic hydroxyl groups excluding tert-OH is 1. The first-order chi connectivity index (χ1) is 13.9. The fourth-order valence-corrected chi connectivity index (χ4v) is 4.24. The van der Waals surface area contributed by atoms with Crippen LogP contribution < -0.4 is 4.74 Å². The molecule has 3 rings (SSSR count). The van der Waals surface area contributed by atoms with Gasteiger partial charge >= 0.3 is 0 Å². The summed E-state index contributed by atoms with van der Waals surface area (Å²) in [5.74, 6) is 1.17. The minimum Gasteiger partial charge on any atom is -0.490 e. The molecule has 0 spiro atoms. The maximum atomic E-state index is 12.4. The standard InChI is InChI=1S/C23H37N3O3/c1-18-7-8-19(2)23(20(18)3)29-17-21(27)15-24-11-13-25(14-12-24)16-22(28)26-9-5-4-6-10-26/h7-8,21,27H,4-6,9-17H2,1-3H3. The molecule has 0 saturated carbocycles. The molecule has 0 aliphatic carbocycles. The van der Waals surface area contributed by atoms with Crippen molar-refractivity contribution in [1.82, 2.24) is 14.7 Å². The van der Waals surface area contributed by atoms with Gasteiger partial charge in [0.1, 0.15) is 18.5 Å². The Morgan fingerprint density at radius 2 is 1.59 bits per heavy atom. The van der Waals surface area contributed by atoms with Crippen LogP contribution in [0, 0.1) is 20.8 Å². The molecule has 6 nitrogen and oxygen atoms in total. The number of likely N-dealkylation sites (tertiary alicyclic amines) is 1. The van der Waals surface area contributed by atoms with Crippen molar-refractivity contribution in [3.63, 3.8) is 0 Å². The molecule has 2 fully saturated rings. The third-order valence-electron chi connectivity index (χ3n) is 6.30. The van der Waals surface area contributed by atoms with Gasteiger partial charge < -0.3 is 14.7 Å². The zero-order valence-electron chi connectivity index (χ0n) is 18.3. The van der Waals surface area contributed by atoms with E-state index >= 15 is 0 Å². The second-order valence-corrected chi connectivity index (χ2v) is 8.64. The summed E-state index contributed by atoms with van der Waals surface area (Å²) in [6, 6.07) is 4.16. The Morgan fingerprint density at radius 3 is 2.28 bits per heavy atom. The molecule has 0 bridgehead atoms. The lowest BCUT2D eigenvalue weighted by Gasteiger charge is -2.36. The number of hydrogen-bond acceptors (Lipinski definition) is 5. The van der Waals surface area contributed by atoms with E-state index in [-0.39, 0.29) is 5.91 Å². The van der Waals surface area contributed by atoms with Crippen LogP contribution in [0.3, 0.4) is 0 Å². The van der Waals surface area contributed by atoms with Crippen LogP contribution in [0.25, 0.3) is 0 Å². The molecule has 0 aromatic heterocycles. The molecular formula is C23H37N3O3. The molecule has 1 N–H and O–H groups in total. The van der Waals surface area contributed by atoms with Crippen LogP contribution in [-0.2, 0) is 4.79 Å². The molecule has 1 unspecified atom stereocenters. The first kappa shape index (κ1) is 22.1. The largest absolute Gasteiger partial charge is 0.490 e. The monoisotopic (exact) mass is 403 g/mol. The highest BCUT2D eigenvalue weighted by Gasteiger charge is 2.24. The highest BCUT2D eigenvalue weighted by atomic mass is 16.5. The number of benzene rings is 1. The molecular weight excluding hydrogens is 366 g/mol. The van der Waals surface area contributed by atoms with Crippen molar-refractivity contribution < 1.29 is 14.6 Å². The Balaban J connectivity index is 1.38. The van der Waals surface area contributed by atoms with E-state index in [1.54, 1.807) is 0 Å². The molecule has 29 heavy (non-hydrogen) atoms. The minimum absolute atomic E-state index is 0.274. The summed E-state index contributed by atoms with van der Waals surface area (Å²) in [4.78, 5) is 19.0. The number of piperazine rings is 1. The van der Waals surface area contributed by atoms with Gasteiger partial charge in [0.2, 0.25) is 5.91 Å². The average molecular weight is 404 g/mol. The summed E-state index contributed by atoms with van der Waals surface area (Å²) >= 11 is 0. The van der Waals surface area contributed by atoms with Gasteiger partial charge in [-0.15, -0.1) is 0 Å². The van der Waals surface area contributed by atoms with Gasteiger partial charge in [0.05, 0.1) is 6.54 Å². The van der Waals surface area contributed by atoms with Gasteiger partial charge in [0, 0.05) is 45.8 Å². The Hall–Kier alpha value is -1.63. The number of aliphatic hydroxyl groups is 1. The number of carbonyl (C=O) groups excluding carboxylic acids is 1. The molecule has 1 aromatic carbocycles. The predicted molar refractivity (Wildman–Crippen MR) is 115 cm³/mol. The highest BCUT2D eigenvalue weighted by Crippen LogP contribution is 2.25. The summed E-state index contributed by atoms with van der Waals surface area (Å²) < 4.78 is 5.96. The molecule has 2 aliphatic heterocycles. The van der Waals surface area contributed by atoms with Crippen molar-refractivity contribution in [2.24, 2.45) is 0 Å². The van der Waals surface area contributed by atoms with Crippen LogP contribution in [-0.4, -0.2) is 90.8 Å². The second-order valence-electron chi connectivity index (χ2n) is 8.64. The molecule has 2 aliphatic rings. The fourth-order valence-electron chi connectivity index (χ4n) is 4.24. The average Bonchev–Trinajstić information content (AvgIpc) is 2.73. The lowest BCUT2D eigenvalue weighted by atomic mass is 10.1. The van der Waals surface area contributed by atoms with Crippen LogP contribution in [0.1, 0.15) is 36.0 Å². The van der Waals surface area contributed by atoms with Gasteiger partial charge in [-0.2, -0.15) is 0 Å². The van der Waals surface area contributed by atoms with Crippen molar-refractivity contribution >= 4 is 5.91 Å². The number of piperidine rings is 1. The Kier molecular flexibility index (Phi) is 7.92. The summed E-state index contributed by atoms with van der Waals surface area (Å²) in [6.45, 7) is 13.0. The van der Waals surface area contributed by atoms with Crippen LogP contribution in [0.4, 0.5) is 0 Å². The molecule has 1 atom stereocenters. The van der Waals surface area contributed by atoms with Crippen LogP contribution in [0.15, 0.2) is 12.1 Å². The fraction of sp³-hybridized carbons (Fsp3) is 0.696. The highest BCUT2D eigenvalue weighted by molar-refractivity contribution is 5.78. The van der Waals surface area contributed by atoms with E-state index in [1.807, 2.05) is 11.8 Å². The quantitative estimate of drug-likeness (QED) is 0.755. The number of ether oxygens (including phenoxy) is 1. The van der Waals surface area contributed by atoms with Gasteiger partial charge in [0.15, 0.2) is 0 Å². The van der Waals surface area contributed by atoms with Crippen LogP contribution >= 0.6 is 0 Å². The maximum Gasteiger partial charge on any atom is 0.236 e. The van der Waals surface area contributed by atoms with Gasteiger partial charge in [-0.25, -0.2) is 0 Å². The maximum absolute atomic E-state index is 12.4. The van der Waals surface area contributed by atoms with Crippen molar-refractivity contribution in [3.8, 4) is 5.75 Å². The van der Waals surface area contributed by atoms with E-state index in [9.17, 15) is 9.90 Å². The lowest BCUT2D eigenvalue weighted by Crippen LogP contribution is -2.52. The third-order valence-corrected chi connectivity index (χ3v) is 6.30. The van der Waals surface area contributed by atoms with Crippen molar-refractivity contribution in [3.05, 3.63) is 28.8 Å². The zero-order valence-corrected chi connectivity index (χ0v) is 18.3. The molecule has 2 saturated heterocycles. The van der Waals surface area contributed by atoms with Gasteiger partial charge in [-0.1, -0.05) is 12.1 Å². The molecule has 1 amide bonds. The minimum atomic E-state index is -0.518. The number of amides is 1. The van der Waals surface area contributed by atoms with E-state index < -0.39 is 6.10 Å². The second kappa shape index (κ2) is 10.4. The topological polar surface area (TPSA) is 56.3 Å². The van der Waals surface area contributed by atoms with Crippen LogP contribution in [0.5, 0.6) is 5.75 Å². The SMILES string of the molecule is Cc1ccc(C)c(OCC(O)CN2CCN(CC(=O)N3CCCCC3)CC2)c1C. The third kappa shape index (κ3) is 6.17. The summed E-state index contributed by atoms with van der Waals surface area (Å²) in [5, 5.41) is 10.5. The summed E-state index contributed by atoms with van der Waals surface area (Å²) in [5.41, 5.74) is 3.45. The first-order valence-corrected chi connectivity index (χ1v) is 11.0. The van der Waals surface area contributed by atoms with Gasteiger partial charge in [0.25, 0.3) is 0 Å². The van der Waals surface area contributed by atoms with Gasteiger partial charge in [-0.05, 0) is 56.7 Å². The van der Waals surface area contributed by atoms with E-state index in [1.165, 1.54) is 12.0 Å². The van der Waals surface area contributed by atoms with E-state index in [0.29, 0.717) is 19.7 Å². The van der Waals surface area contributed by atoms with Gasteiger partial charge in [-0.3, -0.25) is 14.6 Å². The number of nitrogens with zero attached hydrogens (tertiary/aromatic N) is 3. The molecule has 1 aromatic rings. The van der Waals surface area contributed by atoms with E-state index in [2.05, 4.69) is 35.8 Å². The van der Waals surface area contributed by atoms with Crippen molar-refractivity contribution in [2.45, 2.75) is 46.1 Å². The van der Waals surface area contributed by atoms with Crippen molar-refractivity contribution in [2.75, 3.05) is 59.0 Å². The smallest absolute Gasteiger partial charge is 0.236 e. The summed E-state index contributed by atoms with van der Waals surface area (Å²) in [6.07, 6.45) is 3.01. The Bertz CT molecular complexity index is 680. The zero-order chi connectivity index (χ0) is 20.8.